The van der Waals surface area contributed by atoms with Crippen LogP contribution in [-0.4, -0.2) is 95.6 Å². The average molecular weight is 806 g/mol. The van der Waals surface area contributed by atoms with Gasteiger partial charge in [-0.25, -0.2) is 19.2 Å². The zero-order valence-electron chi connectivity index (χ0n) is 34.8. The number of carbonyl (C=O) groups is 4. The standard InChI is InChI=1S/C41H60ClN3O11/c1-13-43-21-23(3)26-18-17-24(4)41(50)28(26)19-22(2)32(51-25(5)46)33(41)52-34(47)30-20-40(55-37(49)54-39(9,10)11)27-15-14-16-29(42)31(27)44(12)56-35(40)45(30)36(48)53-38(6,7)8/h14-16,19,23-24,26,28,30,32-33,35,43,50H,13,17-18,20-21H2,1-12H3/t23?,24-,26+,28-,30+,32-,33+,35-,40-,41-/m1/s1. The number of halogens is 1. The zero-order valence-corrected chi connectivity index (χ0v) is 35.5. The van der Waals surface area contributed by atoms with Crippen LogP contribution in [0, 0.1) is 23.7 Å². The molecular weight excluding hydrogens is 746 g/mol. The molecule has 56 heavy (non-hydrogen) atoms. The first kappa shape index (κ1) is 43.5. The summed E-state index contributed by atoms with van der Waals surface area (Å²) in [7, 11) is 1.58. The third kappa shape index (κ3) is 8.35. The molecule has 15 heteroatoms. The molecule has 2 heterocycles. The van der Waals surface area contributed by atoms with Gasteiger partial charge in [-0.15, -0.1) is 0 Å². The van der Waals surface area contributed by atoms with Gasteiger partial charge in [0, 0.05) is 31.9 Å². The van der Waals surface area contributed by atoms with Crippen LogP contribution in [0.2, 0.25) is 5.02 Å². The summed E-state index contributed by atoms with van der Waals surface area (Å²) in [6, 6.07) is 3.47. The van der Waals surface area contributed by atoms with E-state index >= 15 is 4.79 Å². The van der Waals surface area contributed by atoms with Crippen molar-refractivity contribution in [2.24, 2.45) is 23.7 Å². The van der Waals surface area contributed by atoms with Gasteiger partial charge in [0.1, 0.15) is 22.8 Å². The van der Waals surface area contributed by atoms with E-state index in [2.05, 4.69) is 12.2 Å². The molecule has 1 unspecified atom stereocenters. The maximum absolute atomic E-state index is 15.1. The van der Waals surface area contributed by atoms with Gasteiger partial charge in [0.05, 0.1) is 10.7 Å². The van der Waals surface area contributed by atoms with E-state index in [1.54, 1.807) is 73.7 Å². The fraction of sp³-hybridized carbons (Fsp3) is 0.707. The van der Waals surface area contributed by atoms with E-state index in [0.29, 0.717) is 23.2 Å². The van der Waals surface area contributed by atoms with Crippen molar-refractivity contribution < 1.29 is 52.8 Å². The highest BCUT2D eigenvalue weighted by Crippen LogP contribution is 2.56. The number of rotatable bonds is 8. The summed E-state index contributed by atoms with van der Waals surface area (Å²) in [5.41, 5.74) is -4.18. The van der Waals surface area contributed by atoms with Crippen LogP contribution in [0.1, 0.15) is 101 Å². The molecule has 0 spiro atoms. The Morgan fingerprint density at radius 1 is 1.07 bits per heavy atom. The second kappa shape index (κ2) is 16.0. The molecule has 1 saturated heterocycles. The number of hydrogen-bond acceptors (Lipinski definition) is 13. The molecule has 4 aliphatic rings. The van der Waals surface area contributed by atoms with Crippen LogP contribution in [0.15, 0.2) is 29.8 Å². The number of para-hydroxylation sites is 1. The predicted molar refractivity (Wildman–Crippen MR) is 207 cm³/mol. The maximum atomic E-state index is 15.1. The van der Waals surface area contributed by atoms with Crippen molar-refractivity contribution in [3.8, 4) is 0 Å². The number of hydroxylamine groups is 1. The Morgan fingerprint density at radius 2 is 1.73 bits per heavy atom. The van der Waals surface area contributed by atoms with Crippen molar-refractivity contribution in [1.82, 2.24) is 10.2 Å². The number of esters is 2. The van der Waals surface area contributed by atoms with Gasteiger partial charge in [-0.3, -0.25) is 14.8 Å². The molecule has 1 amide bonds. The Balaban J connectivity index is 1.65. The van der Waals surface area contributed by atoms with Crippen molar-refractivity contribution in [3.63, 3.8) is 0 Å². The number of amides is 1. The number of fused-ring (bicyclic) bond motifs is 4. The molecule has 14 nitrogen and oxygen atoms in total. The van der Waals surface area contributed by atoms with Gasteiger partial charge in [-0.05, 0) is 104 Å². The Kier molecular flexibility index (Phi) is 12.4. The normalized spacial score (nSPS) is 31.9. The van der Waals surface area contributed by atoms with Gasteiger partial charge in [-0.1, -0.05) is 50.6 Å². The highest BCUT2D eigenvalue weighted by Gasteiger charge is 2.67. The number of anilines is 1. The van der Waals surface area contributed by atoms with Gasteiger partial charge in [0.2, 0.25) is 6.23 Å². The first-order valence-corrected chi connectivity index (χ1v) is 19.9. The lowest BCUT2D eigenvalue weighted by atomic mass is 9.55. The van der Waals surface area contributed by atoms with Gasteiger partial charge in [0.15, 0.2) is 17.8 Å². The molecule has 0 radical (unpaired) electrons. The van der Waals surface area contributed by atoms with E-state index in [0.717, 1.165) is 24.4 Å². The quantitative estimate of drug-likeness (QED) is 0.163. The Labute approximate surface area is 335 Å². The van der Waals surface area contributed by atoms with Gasteiger partial charge < -0.3 is 34.1 Å². The van der Waals surface area contributed by atoms with Gasteiger partial charge >= 0.3 is 24.2 Å². The van der Waals surface area contributed by atoms with Crippen molar-refractivity contribution in [3.05, 3.63) is 40.4 Å². The monoisotopic (exact) mass is 805 g/mol. The number of ether oxygens (including phenoxy) is 5. The van der Waals surface area contributed by atoms with Crippen LogP contribution in [0.4, 0.5) is 15.3 Å². The summed E-state index contributed by atoms with van der Waals surface area (Å²) in [6.07, 6.45) is -2.94. The molecule has 2 fully saturated rings. The van der Waals surface area contributed by atoms with Crippen LogP contribution in [0.5, 0.6) is 0 Å². The summed E-state index contributed by atoms with van der Waals surface area (Å²) < 4.78 is 30.0. The smallest absolute Gasteiger partial charge is 0.454 e. The molecule has 10 atom stereocenters. The SMILES string of the molecule is CCNCC(C)[C@@H]1CC[C@@H](C)[C@@]2(O)[C@@H]1C=C(C)[C@@H](OC(C)=O)[C@@H]2OC(=O)[C@@H]1C[C@@]2(OC(=O)OC(C)(C)C)c3cccc(Cl)c3N(C)O[C@H]2N1C(=O)OC(C)(C)C. The molecule has 2 aliphatic carbocycles. The molecule has 1 saturated carbocycles. The highest BCUT2D eigenvalue weighted by molar-refractivity contribution is 6.33. The zero-order chi connectivity index (χ0) is 41.7. The minimum atomic E-state index is -1.86. The summed E-state index contributed by atoms with van der Waals surface area (Å²) in [4.78, 5) is 63.0. The number of carbonyl (C=O) groups excluding carboxylic acids is 4. The van der Waals surface area contributed by atoms with Crippen LogP contribution in [-0.2, 0) is 43.7 Å². The number of aliphatic hydroxyl groups is 1. The lowest BCUT2D eigenvalue weighted by Gasteiger charge is -2.56. The second-order valence-corrected chi connectivity index (χ2v) is 18.2. The lowest BCUT2D eigenvalue weighted by molar-refractivity contribution is -0.226. The topological polar surface area (TPSA) is 162 Å². The number of nitrogens with one attached hydrogen (secondary N) is 1. The highest BCUT2D eigenvalue weighted by atomic mass is 35.5. The number of hydrogen-bond donors (Lipinski definition) is 2. The summed E-state index contributed by atoms with van der Waals surface area (Å²) in [5.74, 6) is -2.25. The minimum Gasteiger partial charge on any atom is -0.454 e. The predicted octanol–water partition coefficient (Wildman–Crippen LogP) is 6.65. The molecule has 5 rings (SSSR count). The minimum absolute atomic E-state index is 0.00739. The average Bonchev–Trinajstić information content (AvgIpc) is 3.39. The number of likely N-dealkylation sites (tertiary alicyclic amines) is 1. The van der Waals surface area contributed by atoms with E-state index in [1.807, 2.05) is 19.9 Å². The summed E-state index contributed by atoms with van der Waals surface area (Å²) in [6.45, 7) is 20.7. The van der Waals surface area contributed by atoms with E-state index in [9.17, 15) is 19.5 Å². The third-order valence-electron chi connectivity index (χ3n) is 11.4. The molecular formula is C41H60ClN3O11. The second-order valence-electron chi connectivity index (χ2n) is 17.8. The van der Waals surface area contributed by atoms with Gasteiger partial charge in [-0.2, -0.15) is 0 Å². The van der Waals surface area contributed by atoms with E-state index in [4.69, 9.17) is 40.1 Å². The Hall–Kier alpha value is -3.59. The van der Waals surface area contributed by atoms with E-state index in [-0.39, 0.29) is 29.2 Å². The lowest BCUT2D eigenvalue weighted by Crippen LogP contribution is -2.66. The van der Waals surface area contributed by atoms with E-state index in [1.165, 1.54) is 12.0 Å². The fourth-order valence-electron chi connectivity index (χ4n) is 8.90. The Bertz CT molecular complexity index is 1710. The molecule has 2 aliphatic heterocycles. The van der Waals surface area contributed by atoms with Crippen molar-refractivity contribution in [2.75, 3.05) is 25.2 Å². The molecule has 0 aromatic heterocycles. The van der Waals surface area contributed by atoms with Crippen LogP contribution < -0.4 is 10.4 Å². The molecule has 1 aromatic carbocycles. The largest absolute Gasteiger partial charge is 0.509 e. The first-order chi connectivity index (χ1) is 25.9. The molecule has 2 N–H and O–H groups in total. The summed E-state index contributed by atoms with van der Waals surface area (Å²) >= 11 is 6.70. The van der Waals surface area contributed by atoms with Crippen LogP contribution in [0.3, 0.4) is 0 Å². The number of nitrogens with zero attached hydrogens (tertiary/aromatic N) is 2. The van der Waals surface area contributed by atoms with Gasteiger partial charge in [0.25, 0.3) is 0 Å². The maximum Gasteiger partial charge on any atom is 0.509 e. The third-order valence-corrected chi connectivity index (χ3v) is 11.7. The van der Waals surface area contributed by atoms with Crippen molar-refractivity contribution in [2.45, 2.75) is 142 Å². The Morgan fingerprint density at radius 3 is 2.34 bits per heavy atom. The van der Waals surface area contributed by atoms with Crippen molar-refractivity contribution >= 4 is 41.5 Å². The van der Waals surface area contributed by atoms with Crippen LogP contribution in [0.25, 0.3) is 0 Å². The molecule has 1 aromatic rings. The first-order valence-electron chi connectivity index (χ1n) is 19.6. The number of benzene rings is 1. The fourth-order valence-corrected chi connectivity index (χ4v) is 9.19. The van der Waals surface area contributed by atoms with E-state index < -0.39 is 77.0 Å². The molecule has 0 bridgehead atoms. The van der Waals surface area contributed by atoms with Crippen molar-refractivity contribution in [1.29, 1.82) is 0 Å². The molecule has 312 valence electrons. The summed E-state index contributed by atoms with van der Waals surface area (Å²) in [5, 5.41) is 18.0. The van der Waals surface area contributed by atoms with Crippen LogP contribution >= 0.6 is 11.6 Å².